The van der Waals surface area contributed by atoms with E-state index < -0.39 is 17.5 Å². The molecule has 0 aliphatic rings. The van der Waals surface area contributed by atoms with Gasteiger partial charge in [-0.25, -0.2) is 8.78 Å². The van der Waals surface area contributed by atoms with Gasteiger partial charge in [0, 0.05) is 5.69 Å². The van der Waals surface area contributed by atoms with Crippen LogP contribution in [0.5, 0.6) is 0 Å². The molecular formula is C15H12ClF2NO. The number of aryl methyl sites for hydroxylation is 1. The van der Waals surface area contributed by atoms with Crippen molar-refractivity contribution in [2.24, 2.45) is 0 Å². The van der Waals surface area contributed by atoms with E-state index in [1.807, 2.05) is 19.1 Å². The Kier molecular flexibility index (Phi) is 4.35. The third-order valence-electron chi connectivity index (χ3n) is 2.85. The molecule has 0 atom stereocenters. The highest BCUT2D eigenvalue weighted by Crippen LogP contribution is 2.21. The number of benzene rings is 2. The second kappa shape index (κ2) is 6.01. The van der Waals surface area contributed by atoms with Crippen molar-refractivity contribution in [3.63, 3.8) is 0 Å². The minimum atomic E-state index is -1.11. The van der Waals surface area contributed by atoms with Gasteiger partial charge in [0.05, 0.1) is 10.6 Å². The van der Waals surface area contributed by atoms with Crippen LogP contribution in [0.25, 0.3) is 0 Å². The summed E-state index contributed by atoms with van der Waals surface area (Å²) in [6.07, 6.45) is 0.829. The quantitative estimate of drug-likeness (QED) is 0.834. The van der Waals surface area contributed by atoms with Crippen molar-refractivity contribution in [2.75, 3.05) is 5.32 Å². The summed E-state index contributed by atoms with van der Waals surface area (Å²) in [5, 5.41) is 2.48. The van der Waals surface area contributed by atoms with Crippen LogP contribution in [0.1, 0.15) is 22.8 Å². The van der Waals surface area contributed by atoms with Crippen LogP contribution in [0.4, 0.5) is 14.5 Å². The van der Waals surface area contributed by atoms with Gasteiger partial charge in [0.25, 0.3) is 5.91 Å². The number of nitrogens with one attached hydrogen (secondary N) is 1. The number of halogens is 3. The van der Waals surface area contributed by atoms with E-state index in [0.717, 1.165) is 24.1 Å². The second-order valence-corrected chi connectivity index (χ2v) is 4.66. The number of carbonyl (C=O) groups is 1. The molecule has 2 nitrogen and oxygen atoms in total. The summed E-state index contributed by atoms with van der Waals surface area (Å²) >= 11 is 5.75. The molecule has 5 heteroatoms. The summed E-state index contributed by atoms with van der Waals surface area (Å²) in [4.78, 5) is 12.0. The molecule has 0 aliphatic heterocycles. The Morgan fingerprint density at radius 1 is 1.20 bits per heavy atom. The molecular weight excluding hydrogens is 284 g/mol. The first-order chi connectivity index (χ1) is 9.51. The van der Waals surface area contributed by atoms with Crippen LogP contribution in [0.15, 0.2) is 36.4 Å². The topological polar surface area (TPSA) is 29.1 Å². The predicted octanol–water partition coefficient (Wildman–Crippen LogP) is 4.43. The Morgan fingerprint density at radius 2 is 1.90 bits per heavy atom. The van der Waals surface area contributed by atoms with Crippen molar-refractivity contribution in [2.45, 2.75) is 13.3 Å². The molecule has 0 unspecified atom stereocenters. The molecule has 0 saturated heterocycles. The maximum Gasteiger partial charge on any atom is 0.257 e. The highest BCUT2D eigenvalue weighted by atomic mass is 35.5. The summed E-state index contributed by atoms with van der Waals surface area (Å²) in [5.74, 6) is -2.77. The fourth-order valence-electron chi connectivity index (χ4n) is 1.76. The Bertz CT molecular complexity index is 658. The lowest BCUT2D eigenvalue weighted by atomic mass is 10.1. The normalized spacial score (nSPS) is 10.4. The van der Waals surface area contributed by atoms with Crippen LogP contribution < -0.4 is 5.32 Å². The van der Waals surface area contributed by atoms with E-state index in [9.17, 15) is 13.6 Å². The van der Waals surface area contributed by atoms with Crippen LogP contribution in [0.3, 0.4) is 0 Å². The Balaban J connectivity index is 2.26. The van der Waals surface area contributed by atoms with Crippen LogP contribution >= 0.6 is 11.6 Å². The van der Waals surface area contributed by atoms with Crippen LogP contribution in [-0.2, 0) is 6.42 Å². The van der Waals surface area contributed by atoms with E-state index >= 15 is 0 Å². The van der Waals surface area contributed by atoms with Crippen molar-refractivity contribution in [1.82, 2.24) is 0 Å². The zero-order valence-electron chi connectivity index (χ0n) is 10.7. The first-order valence-corrected chi connectivity index (χ1v) is 6.44. The van der Waals surface area contributed by atoms with Crippen molar-refractivity contribution in [1.29, 1.82) is 0 Å². The number of rotatable bonds is 3. The lowest BCUT2D eigenvalue weighted by molar-refractivity contribution is 0.102. The Labute approximate surface area is 120 Å². The molecule has 104 valence electrons. The van der Waals surface area contributed by atoms with Gasteiger partial charge in [-0.3, -0.25) is 4.79 Å². The highest BCUT2D eigenvalue weighted by molar-refractivity contribution is 6.34. The van der Waals surface area contributed by atoms with Crippen molar-refractivity contribution in [3.05, 3.63) is 64.2 Å². The number of amides is 1. The third kappa shape index (κ3) is 3.14. The maximum absolute atomic E-state index is 13.2. The summed E-state index contributed by atoms with van der Waals surface area (Å²) in [6, 6.07) is 8.84. The summed E-state index contributed by atoms with van der Waals surface area (Å²) in [5.41, 5.74) is 1.53. The van der Waals surface area contributed by atoms with Gasteiger partial charge < -0.3 is 5.32 Å². The molecule has 0 saturated carbocycles. The molecule has 0 radical (unpaired) electrons. The molecule has 2 aromatic carbocycles. The fourth-order valence-corrected chi connectivity index (χ4v) is 2.00. The second-order valence-electron chi connectivity index (χ2n) is 4.25. The number of anilines is 1. The average molecular weight is 296 g/mol. The van der Waals surface area contributed by atoms with E-state index in [4.69, 9.17) is 11.6 Å². The Hall–Kier alpha value is -1.94. The zero-order valence-corrected chi connectivity index (χ0v) is 11.5. The standard InChI is InChI=1S/C15H12ClF2NO/c1-2-9-4-3-5-10(6-9)19-15(20)11-7-13(17)14(18)8-12(11)16/h3-8H,2H2,1H3,(H,19,20). The number of carbonyl (C=O) groups excluding carboxylic acids is 1. The van der Waals surface area contributed by atoms with Gasteiger partial charge in [-0.05, 0) is 36.2 Å². The van der Waals surface area contributed by atoms with E-state index in [1.165, 1.54) is 0 Å². The first-order valence-electron chi connectivity index (χ1n) is 6.06. The van der Waals surface area contributed by atoms with Gasteiger partial charge in [-0.15, -0.1) is 0 Å². The highest BCUT2D eigenvalue weighted by Gasteiger charge is 2.15. The molecule has 0 fully saturated rings. The van der Waals surface area contributed by atoms with Gasteiger partial charge in [0.1, 0.15) is 0 Å². The molecule has 0 aromatic heterocycles. The Morgan fingerprint density at radius 3 is 2.60 bits per heavy atom. The van der Waals surface area contributed by atoms with Crippen molar-refractivity contribution < 1.29 is 13.6 Å². The van der Waals surface area contributed by atoms with E-state index in [1.54, 1.807) is 12.1 Å². The SMILES string of the molecule is CCc1cccc(NC(=O)c2cc(F)c(F)cc2Cl)c1. The molecule has 2 rings (SSSR count). The molecule has 2 aromatic rings. The predicted molar refractivity (Wildman–Crippen MR) is 75.1 cm³/mol. The maximum atomic E-state index is 13.2. The average Bonchev–Trinajstić information content (AvgIpc) is 2.43. The lowest BCUT2D eigenvalue weighted by Gasteiger charge is -2.08. The van der Waals surface area contributed by atoms with Gasteiger partial charge in [0.15, 0.2) is 11.6 Å². The third-order valence-corrected chi connectivity index (χ3v) is 3.16. The molecule has 0 aliphatic carbocycles. The summed E-state index contributed by atoms with van der Waals surface area (Å²) in [6.45, 7) is 1.99. The number of hydrogen-bond donors (Lipinski definition) is 1. The molecule has 0 spiro atoms. The van der Waals surface area contributed by atoms with Crippen molar-refractivity contribution in [3.8, 4) is 0 Å². The lowest BCUT2D eigenvalue weighted by Crippen LogP contribution is -2.13. The molecule has 1 amide bonds. The molecule has 0 heterocycles. The van der Waals surface area contributed by atoms with Crippen LogP contribution in [-0.4, -0.2) is 5.91 Å². The fraction of sp³-hybridized carbons (Fsp3) is 0.133. The van der Waals surface area contributed by atoms with E-state index in [0.29, 0.717) is 5.69 Å². The molecule has 0 bridgehead atoms. The van der Waals surface area contributed by atoms with Gasteiger partial charge in [-0.1, -0.05) is 30.7 Å². The molecule has 1 N–H and O–H groups in total. The van der Waals surface area contributed by atoms with Crippen molar-refractivity contribution >= 4 is 23.2 Å². The minimum Gasteiger partial charge on any atom is -0.322 e. The number of hydrogen-bond acceptors (Lipinski definition) is 1. The molecule has 20 heavy (non-hydrogen) atoms. The van der Waals surface area contributed by atoms with Gasteiger partial charge >= 0.3 is 0 Å². The first kappa shape index (κ1) is 14.5. The van der Waals surface area contributed by atoms with E-state index in [-0.39, 0.29) is 10.6 Å². The smallest absolute Gasteiger partial charge is 0.257 e. The van der Waals surface area contributed by atoms with Gasteiger partial charge in [-0.2, -0.15) is 0 Å². The monoisotopic (exact) mass is 295 g/mol. The van der Waals surface area contributed by atoms with Crippen LogP contribution in [0, 0.1) is 11.6 Å². The zero-order chi connectivity index (χ0) is 14.7. The largest absolute Gasteiger partial charge is 0.322 e. The minimum absolute atomic E-state index is 0.104. The summed E-state index contributed by atoms with van der Waals surface area (Å²) < 4.78 is 26.1. The van der Waals surface area contributed by atoms with Gasteiger partial charge in [0.2, 0.25) is 0 Å². The van der Waals surface area contributed by atoms with Crippen LogP contribution in [0.2, 0.25) is 5.02 Å². The van der Waals surface area contributed by atoms with E-state index in [2.05, 4.69) is 5.32 Å². The summed E-state index contributed by atoms with van der Waals surface area (Å²) in [7, 11) is 0.